The number of cyclic esters (lactones) is 1. The van der Waals surface area contributed by atoms with E-state index < -0.39 is 9.71 Å². The molecule has 6 heteroatoms. The first-order chi connectivity index (χ1) is 7.43. The van der Waals surface area contributed by atoms with Crippen LogP contribution in [0.3, 0.4) is 0 Å². The van der Waals surface area contributed by atoms with Gasteiger partial charge in [-0.2, -0.15) is 0 Å². The van der Waals surface area contributed by atoms with Gasteiger partial charge < -0.3 is 9.64 Å². The first kappa shape index (κ1) is 19.6. The number of amides is 1. The van der Waals surface area contributed by atoms with E-state index >= 15 is 0 Å². The highest BCUT2D eigenvalue weighted by atomic mass is 32.2. The van der Waals surface area contributed by atoms with E-state index in [1.165, 1.54) is 0 Å². The molecular weight excluding hydrogens is 252 g/mol. The average Bonchev–Trinajstić information content (AvgIpc) is 2.51. The first-order valence-corrected chi connectivity index (χ1v) is 7.23. The van der Waals surface area contributed by atoms with Crippen LogP contribution in [0.1, 0.15) is 27.7 Å². The third kappa shape index (κ3) is 5.73. The second-order valence-corrected chi connectivity index (χ2v) is 6.65. The van der Waals surface area contributed by atoms with Gasteiger partial charge in [-0.3, -0.25) is 4.21 Å². The summed E-state index contributed by atoms with van der Waals surface area (Å²) in [6, 6.07) is 0. The summed E-state index contributed by atoms with van der Waals surface area (Å²) in [5.41, 5.74) is 0. The number of ether oxygens (including phenoxy) is 1. The summed E-state index contributed by atoms with van der Waals surface area (Å²) in [6.45, 7) is 2.37. The Balaban J connectivity index is 0. The van der Waals surface area contributed by atoms with Crippen LogP contribution in [0.15, 0.2) is 0 Å². The van der Waals surface area contributed by atoms with Crippen molar-refractivity contribution in [3.8, 4) is 0 Å². The van der Waals surface area contributed by atoms with Gasteiger partial charge in [0.2, 0.25) is 0 Å². The van der Waals surface area contributed by atoms with Gasteiger partial charge in [-0.1, -0.05) is 14.9 Å². The van der Waals surface area contributed by atoms with Crippen LogP contribution in [0.2, 0.25) is 0 Å². The molecular formula is C12H28N2O3S. The van der Waals surface area contributed by atoms with Crippen molar-refractivity contribution in [2.45, 2.75) is 27.7 Å². The van der Waals surface area contributed by atoms with Gasteiger partial charge in [-0.15, -0.1) is 0 Å². The van der Waals surface area contributed by atoms with Crippen molar-refractivity contribution in [3.63, 3.8) is 0 Å². The summed E-state index contributed by atoms with van der Waals surface area (Å²) >= 11 is 0. The zero-order valence-corrected chi connectivity index (χ0v) is 10.8. The lowest BCUT2D eigenvalue weighted by atomic mass is 10.4. The molecule has 1 unspecified atom stereocenters. The number of rotatable bonds is 0. The summed E-state index contributed by atoms with van der Waals surface area (Å²) in [5, 5.41) is 0. The maximum Gasteiger partial charge on any atom is 0.409 e. The highest BCUT2D eigenvalue weighted by Gasteiger charge is 2.17. The van der Waals surface area contributed by atoms with Gasteiger partial charge in [0.15, 0.2) is 0 Å². The van der Waals surface area contributed by atoms with Crippen molar-refractivity contribution in [1.82, 2.24) is 9.21 Å². The quantitative estimate of drug-likeness (QED) is 0.634. The van der Waals surface area contributed by atoms with E-state index in [0.717, 1.165) is 31.7 Å². The van der Waals surface area contributed by atoms with Gasteiger partial charge >= 0.3 is 6.09 Å². The molecule has 0 radical (unpaired) electrons. The van der Waals surface area contributed by atoms with Crippen LogP contribution >= 0.6 is 0 Å². The van der Waals surface area contributed by atoms with Crippen LogP contribution in [-0.4, -0.2) is 64.9 Å². The number of nitrogens with zero attached hydrogens (tertiary/aromatic N) is 2. The van der Waals surface area contributed by atoms with Gasteiger partial charge in [0, 0.05) is 35.6 Å². The Labute approximate surface area is 112 Å². The van der Waals surface area contributed by atoms with Crippen molar-refractivity contribution in [1.29, 1.82) is 0 Å². The summed E-state index contributed by atoms with van der Waals surface area (Å²) in [7, 11) is 1.81. The summed E-state index contributed by atoms with van der Waals surface area (Å²) < 4.78 is 17.6. The second kappa shape index (κ2) is 8.37. The van der Waals surface area contributed by atoms with Gasteiger partial charge in [-0.05, 0) is 25.8 Å². The zero-order chi connectivity index (χ0) is 12.2. The SMILES string of the molecule is C.C.C=S1(=O)CCCN1C.CN1CCCOC1=O. The molecule has 0 spiro atoms. The van der Waals surface area contributed by atoms with E-state index in [0.29, 0.717) is 6.61 Å². The van der Waals surface area contributed by atoms with Gasteiger partial charge in [-0.25, -0.2) is 9.10 Å². The Kier molecular flexibility index (Phi) is 9.11. The average molecular weight is 280 g/mol. The fraction of sp³-hybridized carbons (Fsp3) is 0.833. The molecule has 1 atom stereocenters. The molecule has 1 amide bonds. The Hall–Kier alpha value is -0.750. The molecule has 2 heterocycles. The molecule has 18 heavy (non-hydrogen) atoms. The molecule has 0 aromatic rings. The van der Waals surface area contributed by atoms with Crippen LogP contribution in [0.4, 0.5) is 4.79 Å². The molecule has 2 aliphatic rings. The molecule has 0 aromatic carbocycles. The Bertz CT molecular complexity index is 341. The molecule has 2 rings (SSSR count). The lowest BCUT2D eigenvalue weighted by molar-refractivity contribution is 0.0831. The molecule has 0 N–H and O–H groups in total. The van der Waals surface area contributed by atoms with E-state index in [1.54, 1.807) is 11.9 Å². The Morgan fingerprint density at radius 2 is 1.83 bits per heavy atom. The molecule has 5 nitrogen and oxygen atoms in total. The molecule has 0 aromatic heterocycles. The number of carbonyl (C=O) groups is 1. The minimum atomic E-state index is -1.79. The molecule has 0 bridgehead atoms. The normalized spacial score (nSPS) is 27.2. The highest BCUT2D eigenvalue weighted by molar-refractivity contribution is 7.98. The van der Waals surface area contributed by atoms with E-state index in [2.05, 4.69) is 10.6 Å². The van der Waals surface area contributed by atoms with Crippen LogP contribution in [-0.2, 0) is 14.4 Å². The Morgan fingerprint density at radius 3 is 2.06 bits per heavy atom. The zero-order valence-electron chi connectivity index (χ0n) is 9.98. The second-order valence-electron chi connectivity index (χ2n) is 4.07. The third-order valence-corrected chi connectivity index (χ3v) is 4.92. The predicted molar refractivity (Wildman–Crippen MR) is 79.4 cm³/mol. The summed E-state index contributed by atoms with van der Waals surface area (Å²) in [6.07, 6.45) is 1.80. The minimum Gasteiger partial charge on any atom is -0.449 e. The smallest absolute Gasteiger partial charge is 0.409 e. The maximum atomic E-state index is 11.1. The lowest BCUT2D eigenvalue weighted by Crippen LogP contribution is -2.33. The molecule has 0 saturated carbocycles. The molecule has 2 fully saturated rings. The number of carbonyl (C=O) groups excluding carboxylic acids is 1. The van der Waals surface area contributed by atoms with E-state index in [1.807, 2.05) is 11.4 Å². The summed E-state index contributed by atoms with van der Waals surface area (Å²) in [4.78, 5) is 12.1. The fourth-order valence-electron chi connectivity index (χ4n) is 1.50. The van der Waals surface area contributed by atoms with Gasteiger partial charge in [0.1, 0.15) is 0 Å². The van der Waals surface area contributed by atoms with Crippen molar-refractivity contribution < 1.29 is 13.7 Å². The number of hydrogen-bond acceptors (Lipinski definition) is 3. The van der Waals surface area contributed by atoms with Crippen molar-refractivity contribution >= 4 is 21.7 Å². The maximum absolute atomic E-state index is 11.1. The van der Waals surface area contributed by atoms with Crippen LogP contribution in [0, 0.1) is 0 Å². The fourth-order valence-corrected chi connectivity index (χ4v) is 2.85. The first-order valence-electron chi connectivity index (χ1n) is 5.37. The van der Waals surface area contributed by atoms with Gasteiger partial charge in [0.05, 0.1) is 6.61 Å². The minimum absolute atomic E-state index is 0. The standard InChI is InChI=1S/C5H9NO2.C5H11NOS.2CH4/c1-6-3-2-4-8-5(6)7;1-6-4-3-5-8(6,2)7;;/h2-4H2,1H3;2-5H2,1H3;2*1H4. The van der Waals surface area contributed by atoms with Crippen LogP contribution in [0.25, 0.3) is 0 Å². The van der Waals surface area contributed by atoms with Gasteiger partial charge in [0.25, 0.3) is 0 Å². The van der Waals surface area contributed by atoms with E-state index in [-0.39, 0.29) is 20.9 Å². The van der Waals surface area contributed by atoms with E-state index in [9.17, 15) is 9.00 Å². The lowest BCUT2D eigenvalue weighted by Gasteiger charge is -2.21. The van der Waals surface area contributed by atoms with Crippen molar-refractivity contribution in [3.05, 3.63) is 0 Å². The van der Waals surface area contributed by atoms with Crippen LogP contribution < -0.4 is 0 Å². The van der Waals surface area contributed by atoms with Crippen molar-refractivity contribution in [2.75, 3.05) is 39.5 Å². The van der Waals surface area contributed by atoms with Crippen LogP contribution in [0.5, 0.6) is 0 Å². The van der Waals surface area contributed by atoms with Crippen molar-refractivity contribution in [2.24, 2.45) is 0 Å². The Morgan fingerprint density at radius 1 is 1.22 bits per heavy atom. The molecule has 2 saturated heterocycles. The highest BCUT2D eigenvalue weighted by Crippen LogP contribution is 2.08. The monoisotopic (exact) mass is 280 g/mol. The third-order valence-electron chi connectivity index (χ3n) is 2.68. The molecule has 110 valence electrons. The summed E-state index contributed by atoms with van der Waals surface area (Å²) in [5.74, 6) is 4.39. The predicted octanol–water partition coefficient (Wildman–Crippen LogP) is 1.68. The topological polar surface area (TPSA) is 49.9 Å². The largest absolute Gasteiger partial charge is 0.449 e. The van der Waals surface area contributed by atoms with E-state index in [4.69, 9.17) is 0 Å². The molecule has 0 aliphatic carbocycles. The number of hydrogen-bond donors (Lipinski definition) is 0. The molecule has 2 aliphatic heterocycles.